The van der Waals surface area contributed by atoms with Crippen molar-refractivity contribution in [2.45, 2.75) is 18.9 Å². The number of hydrogen-bond donors (Lipinski definition) is 1. The van der Waals surface area contributed by atoms with Crippen LogP contribution in [0.1, 0.15) is 35.0 Å². The largest absolute Gasteiger partial charge is 0.341 e. The molecule has 7 heteroatoms. The highest BCUT2D eigenvalue weighted by Gasteiger charge is 2.35. The Morgan fingerprint density at radius 1 is 1.14 bits per heavy atom. The molecule has 1 aliphatic heterocycles. The van der Waals surface area contributed by atoms with Crippen molar-refractivity contribution in [3.63, 3.8) is 0 Å². The molecule has 2 unspecified atom stereocenters. The van der Waals surface area contributed by atoms with Crippen LogP contribution in [-0.4, -0.2) is 16.7 Å². The number of aromatic nitrogens is 1. The van der Waals surface area contributed by atoms with E-state index in [9.17, 15) is 13.6 Å². The third kappa shape index (κ3) is 3.80. The van der Waals surface area contributed by atoms with Gasteiger partial charge in [-0.1, -0.05) is 18.1 Å². The number of nitrogens with one attached hydrogen (secondary N) is 1. The van der Waals surface area contributed by atoms with Crippen molar-refractivity contribution in [1.82, 2.24) is 10.3 Å². The summed E-state index contributed by atoms with van der Waals surface area (Å²) in [5, 5.41) is 5.30. The highest BCUT2D eigenvalue weighted by Crippen LogP contribution is 2.38. The van der Waals surface area contributed by atoms with Crippen LogP contribution in [0.5, 0.6) is 0 Å². The first-order valence-electron chi connectivity index (χ1n) is 8.79. The molecule has 2 aromatic carbocycles. The molecular weight excluding hydrogens is 392 g/mol. The fourth-order valence-corrected chi connectivity index (χ4v) is 4.40. The molecule has 29 heavy (non-hydrogen) atoms. The lowest BCUT2D eigenvalue weighted by Crippen LogP contribution is -2.38. The number of urea groups is 1. The molecule has 144 valence electrons. The first-order valence-corrected chi connectivity index (χ1v) is 9.66. The fourth-order valence-electron chi connectivity index (χ4n) is 3.37. The molecule has 2 amide bonds. The summed E-state index contributed by atoms with van der Waals surface area (Å²) in [5.74, 6) is 0.724. The van der Waals surface area contributed by atoms with Gasteiger partial charge in [0.25, 0.3) is 0 Å². The number of aliphatic imine (C=N–C) groups is 1. The zero-order valence-corrected chi connectivity index (χ0v) is 16.1. The summed E-state index contributed by atoms with van der Waals surface area (Å²) in [7, 11) is 0. The lowest BCUT2D eigenvalue weighted by molar-refractivity contribution is 0.242. The Bertz CT molecular complexity index is 1140. The third-order valence-electron chi connectivity index (χ3n) is 4.72. The normalized spacial score (nSPS) is 18.7. The van der Waals surface area contributed by atoms with E-state index in [1.54, 1.807) is 6.92 Å². The topological polar surface area (TPSA) is 54.4 Å². The van der Waals surface area contributed by atoms with Crippen LogP contribution in [0.4, 0.5) is 13.6 Å². The van der Waals surface area contributed by atoms with Crippen molar-refractivity contribution < 1.29 is 13.6 Å². The first-order chi connectivity index (χ1) is 13.9. The SMILES string of the molecule is C#Cc1ccc(-c2csc(C3C(C)=NC(=O)NC3c3cc(F)cc(F)c3)n2)cc1. The summed E-state index contributed by atoms with van der Waals surface area (Å²) >= 11 is 1.40. The molecule has 3 aromatic rings. The van der Waals surface area contributed by atoms with Crippen LogP contribution in [-0.2, 0) is 0 Å². The van der Waals surface area contributed by atoms with E-state index in [1.165, 1.54) is 23.5 Å². The number of thiazole rings is 1. The number of terminal acetylenes is 1. The molecule has 4 rings (SSSR count). The summed E-state index contributed by atoms with van der Waals surface area (Å²) < 4.78 is 27.6. The van der Waals surface area contributed by atoms with Crippen LogP contribution in [0.2, 0.25) is 0 Å². The minimum Gasteiger partial charge on any atom is -0.328 e. The summed E-state index contributed by atoms with van der Waals surface area (Å²) in [6.45, 7) is 1.72. The van der Waals surface area contributed by atoms with Crippen LogP contribution in [0, 0.1) is 24.0 Å². The van der Waals surface area contributed by atoms with Crippen molar-refractivity contribution in [2.75, 3.05) is 0 Å². The van der Waals surface area contributed by atoms with Gasteiger partial charge in [-0.3, -0.25) is 0 Å². The van der Waals surface area contributed by atoms with E-state index >= 15 is 0 Å². The zero-order valence-electron chi connectivity index (χ0n) is 15.3. The van der Waals surface area contributed by atoms with E-state index < -0.39 is 29.6 Å². The van der Waals surface area contributed by atoms with Crippen LogP contribution in [0.25, 0.3) is 11.3 Å². The van der Waals surface area contributed by atoms with Gasteiger partial charge in [0.15, 0.2) is 0 Å². The predicted molar refractivity (Wildman–Crippen MR) is 109 cm³/mol. The number of carbonyl (C=O) groups is 1. The van der Waals surface area contributed by atoms with E-state index in [1.807, 2.05) is 29.6 Å². The number of rotatable bonds is 3. The van der Waals surface area contributed by atoms with Gasteiger partial charge < -0.3 is 5.32 Å². The average molecular weight is 407 g/mol. The van der Waals surface area contributed by atoms with E-state index in [0.29, 0.717) is 16.3 Å². The number of benzene rings is 2. The Balaban J connectivity index is 1.74. The van der Waals surface area contributed by atoms with Crippen molar-refractivity contribution >= 4 is 23.1 Å². The number of carbonyl (C=O) groups excluding carboxylic acids is 1. The van der Waals surface area contributed by atoms with Gasteiger partial charge in [0.05, 0.1) is 17.7 Å². The molecule has 0 saturated heterocycles. The maximum absolute atomic E-state index is 13.8. The highest BCUT2D eigenvalue weighted by atomic mass is 32.1. The lowest BCUT2D eigenvalue weighted by Gasteiger charge is -2.30. The van der Waals surface area contributed by atoms with Gasteiger partial charge in [-0.25, -0.2) is 23.6 Å². The molecule has 0 saturated carbocycles. The molecule has 2 heterocycles. The second kappa shape index (κ2) is 7.57. The monoisotopic (exact) mass is 407 g/mol. The van der Waals surface area contributed by atoms with E-state index in [4.69, 9.17) is 11.4 Å². The zero-order chi connectivity index (χ0) is 20.5. The van der Waals surface area contributed by atoms with E-state index in [-0.39, 0.29) is 0 Å². The third-order valence-corrected chi connectivity index (χ3v) is 5.65. The molecule has 2 atom stereocenters. The van der Waals surface area contributed by atoms with Gasteiger partial charge >= 0.3 is 6.03 Å². The van der Waals surface area contributed by atoms with Crippen molar-refractivity contribution in [2.24, 2.45) is 4.99 Å². The van der Waals surface area contributed by atoms with E-state index in [0.717, 1.165) is 22.9 Å². The van der Waals surface area contributed by atoms with Crippen molar-refractivity contribution in [3.8, 4) is 23.6 Å². The molecule has 0 bridgehead atoms. The van der Waals surface area contributed by atoms with Crippen molar-refractivity contribution in [1.29, 1.82) is 0 Å². The molecule has 0 aliphatic carbocycles. The first kappa shape index (κ1) is 19.0. The van der Waals surface area contributed by atoms with Gasteiger partial charge in [-0.05, 0) is 36.8 Å². The Hall–Kier alpha value is -3.37. The maximum atomic E-state index is 13.8. The smallest absolute Gasteiger partial charge is 0.328 e. The summed E-state index contributed by atoms with van der Waals surface area (Å²) in [6, 6.07) is 9.45. The minimum atomic E-state index is -0.707. The molecule has 4 nitrogen and oxygen atoms in total. The second-order valence-electron chi connectivity index (χ2n) is 6.65. The Labute approximate surface area is 170 Å². The van der Waals surface area contributed by atoms with Gasteiger partial charge in [-0.15, -0.1) is 17.8 Å². The minimum absolute atomic E-state index is 0.324. The van der Waals surface area contributed by atoms with Crippen LogP contribution in [0.3, 0.4) is 0 Å². The molecule has 0 fully saturated rings. The average Bonchev–Trinajstić information content (AvgIpc) is 3.16. The number of nitrogens with zero attached hydrogens (tertiary/aromatic N) is 2. The number of halogens is 2. The summed E-state index contributed by atoms with van der Waals surface area (Å²) in [4.78, 5) is 20.7. The second-order valence-corrected chi connectivity index (χ2v) is 7.54. The number of amides is 2. The van der Waals surface area contributed by atoms with Gasteiger partial charge in [-0.2, -0.15) is 0 Å². The standard InChI is InChI=1S/C22H15F2N3OS/c1-3-13-4-6-14(7-5-13)18-11-29-21(26-18)19-12(2)25-22(28)27-20(19)15-8-16(23)10-17(24)9-15/h1,4-11,19-20H,2H3,(H,27,28). The molecule has 0 spiro atoms. The molecule has 0 radical (unpaired) electrons. The van der Waals surface area contributed by atoms with Crippen LogP contribution in [0.15, 0.2) is 52.8 Å². The van der Waals surface area contributed by atoms with E-state index in [2.05, 4.69) is 16.2 Å². The highest BCUT2D eigenvalue weighted by molar-refractivity contribution is 7.10. The number of hydrogen-bond acceptors (Lipinski definition) is 3. The van der Waals surface area contributed by atoms with Gasteiger partial charge in [0.2, 0.25) is 0 Å². The summed E-state index contributed by atoms with van der Waals surface area (Å²) in [6.07, 6.45) is 5.39. The van der Waals surface area contributed by atoms with Gasteiger partial charge in [0.1, 0.15) is 16.6 Å². The Kier molecular flexibility index (Phi) is 4.95. The maximum Gasteiger partial charge on any atom is 0.341 e. The Morgan fingerprint density at radius 3 is 2.48 bits per heavy atom. The molecule has 1 aromatic heterocycles. The van der Waals surface area contributed by atoms with Crippen LogP contribution < -0.4 is 5.32 Å². The molecule has 1 N–H and O–H groups in total. The van der Waals surface area contributed by atoms with Crippen molar-refractivity contribution in [3.05, 3.63) is 75.6 Å². The molecular formula is C22H15F2N3OS. The molecule has 1 aliphatic rings. The summed E-state index contributed by atoms with van der Waals surface area (Å²) in [5.41, 5.74) is 3.28. The van der Waals surface area contributed by atoms with Crippen LogP contribution >= 0.6 is 11.3 Å². The fraction of sp³-hybridized carbons (Fsp3) is 0.136. The predicted octanol–water partition coefficient (Wildman–Crippen LogP) is 5.08. The van der Waals surface area contributed by atoms with Gasteiger partial charge in [0, 0.05) is 28.3 Å². The lowest BCUT2D eigenvalue weighted by atomic mass is 9.88. The Morgan fingerprint density at radius 2 is 1.83 bits per heavy atom. The quantitative estimate of drug-likeness (QED) is 0.616.